The Bertz CT molecular complexity index is 960. The van der Waals surface area contributed by atoms with Gasteiger partial charge in [0, 0.05) is 22.9 Å². The van der Waals surface area contributed by atoms with Gasteiger partial charge in [0.15, 0.2) is 0 Å². The second-order valence-electron chi connectivity index (χ2n) is 6.65. The Balaban J connectivity index is 1.60. The molecule has 0 saturated carbocycles. The van der Waals surface area contributed by atoms with Crippen LogP contribution in [-0.2, 0) is 6.42 Å². The molecule has 0 aliphatic carbocycles. The summed E-state index contributed by atoms with van der Waals surface area (Å²) in [6.07, 6.45) is 1.79. The average Bonchev–Trinajstić information content (AvgIpc) is 2.68. The molecule has 1 aromatic heterocycles. The summed E-state index contributed by atoms with van der Waals surface area (Å²) >= 11 is 6.16. The average molecular weight is 395 g/mol. The van der Waals surface area contributed by atoms with Crippen molar-refractivity contribution in [2.24, 2.45) is 0 Å². The molecule has 3 aromatic rings. The van der Waals surface area contributed by atoms with Gasteiger partial charge in [-0.3, -0.25) is 4.79 Å². The molecule has 0 spiro atoms. The van der Waals surface area contributed by atoms with Crippen molar-refractivity contribution in [1.29, 1.82) is 0 Å². The van der Waals surface area contributed by atoms with Crippen LogP contribution in [0, 0.1) is 13.8 Å². The lowest BCUT2D eigenvalue weighted by Crippen LogP contribution is -2.26. The van der Waals surface area contributed by atoms with Gasteiger partial charge in [-0.2, -0.15) is 0 Å². The fourth-order valence-electron chi connectivity index (χ4n) is 2.77. The van der Waals surface area contributed by atoms with E-state index in [0.717, 1.165) is 24.1 Å². The van der Waals surface area contributed by atoms with Crippen LogP contribution in [0.3, 0.4) is 0 Å². The summed E-state index contributed by atoms with van der Waals surface area (Å²) in [6.45, 7) is 4.36. The van der Waals surface area contributed by atoms with Crippen LogP contribution in [0.4, 0.5) is 11.6 Å². The highest BCUT2D eigenvalue weighted by molar-refractivity contribution is 6.31. The van der Waals surface area contributed by atoms with E-state index in [-0.39, 0.29) is 5.91 Å². The highest BCUT2D eigenvalue weighted by Gasteiger charge is 2.11. The van der Waals surface area contributed by atoms with E-state index in [4.69, 9.17) is 11.6 Å². The van der Waals surface area contributed by atoms with Gasteiger partial charge in [0.05, 0.1) is 0 Å². The van der Waals surface area contributed by atoms with E-state index in [1.54, 1.807) is 6.07 Å². The van der Waals surface area contributed by atoms with E-state index in [0.29, 0.717) is 28.9 Å². The molecule has 2 aromatic carbocycles. The van der Waals surface area contributed by atoms with E-state index in [9.17, 15) is 4.79 Å². The molecule has 0 radical (unpaired) electrons. The van der Waals surface area contributed by atoms with Gasteiger partial charge in [-0.25, -0.2) is 9.97 Å². The summed E-state index contributed by atoms with van der Waals surface area (Å²) in [5.74, 6) is 0.165. The van der Waals surface area contributed by atoms with Gasteiger partial charge in [-0.05, 0) is 56.0 Å². The number of carbonyl (C=O) groups is 1. The number of hydrogen-bond donors (Lipinski definition) is 2. The van der Waals surface area contributed by atoms with Crippen molar-refractivity contribution in [3.05, 3.63) is 82.1 Å². The molecule has 0 aliphatic heterocycles. The van der Waals surface area contributed by atoms with Crippen molar-refractivity contribution in [1.82, 2.24) is 15.3 Å². The second kappa shape index (κ2) is 9.33. The lowest BCUT2D eigenvalue weighted by Gasteiger charge is -2.10. The van der Waals surface area contributed by atoms with Crippen LogP contribution in [0.25, 0.3) is 0 Å². The van der Waals surface area contributed by atoms with Crippen LogP contribution in [0.2, 0.25) is 5.02 Å². The first-order valence-corrected chi connectivity index (χ1v) is 9.60. The second-order valence-corrected chi connectivity index (χ2v) is 7.06. The largest absolute Gasteiger partial charge is 0.351 e. The first-order chi connectivity index (χ1) is 13.5. The zero-order valence-corrected chi connectivity index (χ0v) is 16.8. The molecule has 28 heavy (non-hydrogen) atoms. The first-order valence-electron chi connectivity index (χ1n) is 9.22. The molecule has 2 N–H and O–H groups in total. The van der Waals surface area contributed by atoms with Gasteiger partial charge in [-0.1, -0.05) is 48.0 Å². The standard InChI is InChI=1S/C22H23ClN4O/c1-15-10-11-18(14-19(15)23)26-22-25-16(2)13-20(27-22)21(28)24-12-6-9-17-7-4-3-5-8-17/h3-5,7-8,10-11,13-14H,6,9,12H2,1-2H3,(H,24,28)(H,25,26,27). The molecular weight excluding hydrogens is 372 g/mol. The van der Waals surface area contributed by atoms with Crippen LogP contribution in [0.5, 0.6) is 0 Å². The molecule has 1 amide bonds. The van der Waals surface area contributed by atoms with E-state index in [2.05, 4.69) is 32.7 Å². The van der Waals surface area contributed by atoms with Crippen LogP contribution in [-0.4, -0.2) is 22.4 Å². The number of aromatic nitrogens is 2. The van der Waals surface area contributed by atoms with Gasteiger partial charge in [-0.15, -0.1) is 0 Å². The van der Waals surface area contributed by atoms with Crippen LogP contribution in [0.1, 0.15) is 33.7 Å². The predicted octanol–water partition coefficient (Wildman–Crippen LogP) is 4.85. The monoisotopic (exact) mass is 394 g/mol. The molecule has 0 unspecified atom stereocenters. The van der Waals surface area contributed by atoms with Crippen LogP contribution < -0.4 is 10.6 Å². The Kier molecular flexibility index (Phi) is 6.61. The van der Waals surface area contributed by atoms with Crippen LogP contribution in [0.15, 0.2) is 54.6 Å². The number of amides is 1. The molecule has 6 heteroatoms. The molecule has 144 valence electrons. The normalized spacial score (nSPS) is 10.5. The van der Waals surface area contributed by atoms with E-state index < -0.39 is 0 Å². The van der Waals surface area contributed by atoms with Crippen molar-refractivity contribution in [3.63, 3.8) is 0 Å². The van der Waals surface area contributed by atoms with Gasteiger partial charge in [0.25, 0.3) is 5.91 Å². The van der Waals surface area contributed by atoms with E-state index >= 15 is 0 Å². The third kappa shape index (κ3) is 5.54. The summed E-state index contributed by atoms with van der Waals surface area (Å²) in [5.41, 5.74) is 4.08. The highest BCUT2D eigenvalue weighted by atomic mass is 35.5. The summed E-state index contributed by atoms with van der Waals surface area (Å²) in [4.78, 5) is 21.2. The Morgan fingerprint density at radius 3 is 2.57 bits per heavy atom. The minimum absolute atomic E-state index is 0.205. The smallest absolute Gasteiger partial charge is 0.270 e. The zero-order valence-electron chi connectivity index (χ0n) is 16.0. The van der Waals surface area contributed by atoms with Gasteiger partial charge < -0.3 is 10.6 Å². The lowest BCUT2D eigenvalue weighted by atomic mass is 10.1. The Morgan fingerprint density at radius 2 is 1.82 bits per heavy atom. The number of rotatable bonds is 7. The molecular formula is C22H23ClN4O. The number of aryl methyl sites for hydroxylation is 3. The molecule has 1 heterocycles. The number of carbonyl (C=O) groups excluding carboxylic acids is 1. The fourth-order valence-corrected chi connectivity index (χ4v) is 2.95. The van der Waals surface area contributed by atoms with Gasteiger partial charge >= 0.3 is 0 Å². The number of nitrogens with one attached hydrogen (secondary N) is 2. The molecule has 0 saturated heterocycles. The van der Waals surface area contributed by atoms with Crippen molar-refractivity contribution in [3.8, 4) is 0 Å². The molecule has 0 aliphatic rings. The lowest BCUT2D eigenvalue weighted by molar-refractivity contribution is 0.0948. The number of hydrogen-bond acceptors (Lipinski definition) is 4. The van der Waals surface area contributed by atoms with E-state index in [1.165, 1.54) is 5.56 Å². The maximum absolute atomic E-state index is 12.5. The van der Waals surface area contributed by atoms with Crippen LogP contribution >= 0.6 is 11.6 Å². The Labute approximate surface area is 170 Å². The molecule has 0 bridgehead atoms. The minimum Gasteiger partial charge on any atom is -0.351 e. The van der Waals surface area contributed by atoms with Crippen molar-refractivity contribution in [2.75, 3.05) is 11.9 Å². The Morgan fingerprint density at radius 1 is 1.04 bits per heavy atom. The third-order valence-corrected chi connectivity index (χ3v) is 4.69. The fraction of sp³-hybridized carbons (Fsp3) is 0.227. The summed E-state index contributed by atoms with van der Waals surface area (Å²) in [7, 11) is 0. The minimum atomic E-state index is -0.205. The van der Waals surface area contributed by atoms with Crippen molar-refractivity contribution >= 4 is 29.1 Å². The van der Waals surface area contributed by atoms with E-state index in [1.807, 2.05) is 50.2 Å². The topological polar surface area (TPSA) is 66.9 Å². The Hall–Kier alpha value is -2.92. The van der Waals surface area contributed by atoms with Crippen molar-refractivity contribution < 1.29 is 4.79 Å². The summed E-state index contributed by atoms with van der Waals surface area (Å²) in [5, 5.41) is 6.70. The number of halogens is 1. The maximum Gasteiger partial charge on any atom is 0.270 e. The van der Waals surface area contributed by atoms with Crippen molar-refractivity contribution in [2.45, 2.75) is 26.7 Å². The predicted molar refractivity (Wildman–Crippen MR) is 113 cm³/mol. The number of anilines is 2. The maximum atomic E-state index is 12.5. The first kappa shape index (κ1) is 19.8. The molecule has 5 nitrogen and oxygen atoms in total. The third-order valence-electron chi connectivity index (χ3n) is 4.29. The molecule has 0 fully saturated rings. The SMILES string of the molecule is Cc1cc(C(=O)NCCCc2ccccc2)nc(Nc2ccc(C)c(Cl)c2)n1. The molecule has 0 atom stereocenters. The molecule has 3 rings (SSSR count). The number of benzene rings is 2. The number of nitrogens with zero attached hydrogens (tertiary/aromatic N) is 2. The quantitative estimate of drug-likeness (QED) is 0.562. The highest BCUT2D eigenvalue weighted by Crippen LogP contribution is 2.22. The zero-order chi connectivity index (χ0) is 19.9. The summed E-state index contributed by atoms with van der Waals surface area (Å²) < 4.78 is 0. The van der Waals surface area contributed by atoms with Gasteiger partial charge in [0.1, 0.15) is 5.69 Å². The summed E-state index contributed by atoms with van der Waals surface area (Å²) in [6, 6.07) is 17.5. The van der Waals surface area contributed by atoms with Gasteiger partial charge in [0.2, 0.25) is 5.95 Å².